The Morgan fingerprint density at radius 2 is 1.20 bits per heavy atom. The Bertz CT molecular complexity index is 719. The molecule has 0 aliphatic carbocycles. The van der Waals surface area contributed by atoms with Crippen molar-refractivity contribution in [3.63, 3.8) is 0 Å². The van der Waals surface area contributed by atoms with E-state index < -0.39 is 4.92 Å². The number of nitro benzene ring substituents is 1. The standard InChI is InChI=1S/C11H16N2O3.C11H18N2O/c1-12(2)8-3-9-16-11-6-4-10(5-7-11)13(14)15;1-13(2)8-3-9-14-11-6-4-10(12)5-7-11/h4-7H,3,8-9H2,1-2H3;4-7H,3,8-9,12H2,1-2H3. The Morgan fingerprint density at radius 3 is 1.57 bits per heavy atom. The zero-order chi connectivity index (χ0) is 22.4. The summed E-state index contributed by atoms with van der Waals surface area (Å²) in [5, 5.41) is 10.4. The largest absolute Gasteiger partial charge is 0.494 e. The van der Waals surface area contributed by atoms with E-state index in [9.17, 15) is 10.1 Å². The summed E-state index contributed by atoms with van der Waals surface area (Å²) >= 11 is 0. The van der Waals surface area contributed by atoms with E-state index in [2.05, 4.69) is 23.9 Å². The normalized spacial score (nSPS) is 10.5. The van der Waals surface area contributed by atoms with Crippen LogP contribution in [0.5, 0.6) is 11.5 Å². The third-order valence-corrected chi connectivity index (χ3v) is 3.96. The molecule has 2 N–H and O–H groups in total. The van der Waals surface area contributed by atoms with Gasteiger partial charge in [-0.15, -0.1) is 0 Å². The molecule has 8 heteroatoms. The van der Waals surface area contributed by atoms with E-state index in [1.54, 1.807) is 12.1 Å². The van der Waals surface area contributed by atoms with Gasteiger partial charge in [-0.25, -0.2) is 0 Å². The molecule has 0 spiro atoms. The highest BCUT2D eigenvalue weighted by molar-refractivity contribution is 5.41. The first-order valence-corrected chi connectivity index (χ1v) is 9.93. The predicted octanol–water partition coefficient (Wildman–Crippen LogP) is 3.52. The molecule has 0 fully saturated rings. The summed E-state index contributed by atoms with van der Waals surface area (Å²) in [6.07, 6.45) is 1.97. The van der Waals surface area contributed by atoms with Crippen molar-refractivity contribution in [1.82, 2.24) is 9.80 Å². The molecule has 0 saturated heterocycles. The third kappa shape index (κ3) is 11.9. The van der Waals surface area contributed by atoms with Crippen molar-refractivity contribution in [2.24, 2.45) is 0 Å². The van der Waals surface area contributed by atoms with Crippen LogP contribution in [0.4, 0.5) is 11.4 Å². The summed E-state index contributed by atoms with van der Waals surface area (Å²) in [6, 6.07) is 13.6. The third-order valence-electron chi connectivity index (χ3n) is 3.96. The molecule has 0 bridgehead atoms. The fourth-order valence-electron chi connectivity index (χ4n) is 2.37. The van der Waals surface area contributed by atoms with Crippen molar-refractivity contribution < 1.29 is 14.4 Å². The second kappa shape index (κ2) is 14.2. The first kappa shape index (κ1) is 25.2. The van der Waals surface area contributed by atoms with Gasteiger partial charge in [0, 0.05) is 30.9 Å². The molecular weight excluding hydrogens is 384 g/mol. The van der Waals surface area contributed by atoms with Gasteiger partial charge in [0.25, 0.3) is 5.69 Å². The van der Waals surface area contributed by atoms with Crippen LogP contribution in [-0.2, 0) is 0 Å². The highest BCUT2D eigenvalue weighted by Gasteiger charge is 2.04. The monoisotopic (exact) mass is 418 g/mol. The van der Waals surface area contributed by atoms with Crippen LogP contribution in [0.25, 0.3) is 0 Å². The lowest BCUT2D eigenvalue weighted by Crippen LogP contribution is -2.15. The van der Waals surface area contributed by atoms with Crippen molar-refractivity contribution in [3.8, 4) is 11.5 Å². The van der Waals surface area contributed by atoms with Gasteiger partial charge in [-0.1, -0.05) is 0 Å². The number of rotatable bonds is 11. The van der Waals surface area contributed by atoms with Crippen LogP contribution in [0.2, 0.25) is 0 Å². The number of nitro groups is 1. The second-order valence-corrected chi connectivity index (χ2v) is 7.33. The Kier molecular flexibility index (Phi) is 11.9. The van der Waals surface area contributed by atoms with Crippen LogP contribution in [0.3, 0.4) is 0 Å². The molecule has 2 aromatic carbocycles. The van der Waals surface area contributed by atoms with Crippen LogP contribution >= 0.6 is 0 Å². The highest BCUT2D eigenvalue weighted by Crippen LogP contribution is 2.17. The topological polar surface area (TPSA) is 94.1 Å². The lowest BCUT2D eigenvalue weighted by molar-refractivity contribution is -0.384. The maximum absolute atomic E-state index is 10.4. The minimum atomic E-state index is -0.421. The van der Waals surface area contributed by atoms with Gasteiger partial charge in [0.2, 0.25) is 0 Å². The second-order valence-electron chi connectivity index (χ2n) is 7.33. The number of nitrogen functional groups attached to an aromatic ring is 1. The molecule has 8 nitrogen and oxygen atoms in total. The number of non-ortho nitro benzene ring substituents is 1. The summed E-state index contributed by atoms with van der Waals surface area (Å²) in [6.45, 7) is 3.39. The smallest absolute Gasteiger partial charge is 0.269 e. The first-order chi connectivity index (χ1) is 14.3. The number of nitrogens with zero attached hydrogens (tertiary/aromatic N) is 3. The fourth-order valence-corrected chi connectivity index (χ4v) is 2.37. The number of benzene rings is 2. The summed E-state index contributed by atoms with van der Waals surface area (Å²) in [5.41, 5.74) is 6.41. The van der Waals surface area contributed by atoms with E-state index in [0.717, 1.165) is 44.0 Å². The van der Waals surface area contributed by atoms with Crippen LogP contribution in [0.1, 0.15) is 12.8 Å². The molecule has 0 saturated carbocycles. The summed E-state index contributed by atoms with van der Waals surface area (Å²) < 4.78 is 11.0. The van der Waals surface area contributed by atoms with Crippen LogP contribution in [0, 0.1) is 10.1 Å². The molecule has 0 amide bonds. The number of anilines is 1. The Balaban J connectivity index is 0.000000303. The Morgan fingerprint density at radius 1 is 0.800 bits per heavy atom. The summed E-state index contributed by atoms with van der Waals surface area (Å²) in [7, 11) is 8.13. The van der Waals surface area contributed by atoms with Crippen molar-refractivity contribution in [2.75, 3.05) is 60.2 Å². The number of ether oxygens (including phenoxy) is 2. The number of hydrogen-bond donors (Lipinski definition) is 1. The first-order valence-electron chi connectivity index (χ1n) is 9.93. The molecule has 0 radical (unpaired) electrons. The minimum Gasteiger partial charge on any atom is -0.494 e. The minimum absolute atomic E-state index is 0.0839. The molecule has 2 aromatic rings. The molecule has 2 rings (SSSR count). The lowest BCUT2D eigenvalue weighted by Gasteiger charge is -2.10. The quantitative estimate of drug-likeness (QED) is 0.258. The van der Waals surface area contributed by atoms with Gasteiger partial charge in [0.05, 0.1) is 18.1 Å². The molecular formula is C22H34N4O4. The van der Waals surface area contributed by atoms with Gasteiger partial charge in [-0.05, 0) is 77.4 Å². The molecule has 166 valence electrons. The van der Waals surface area contributed by atoms with Crippen molar-refractivity contribution in [1.29, 1.82) is 0 Å². The number of nitrogens with two attached hydrogens (primary N) is 1. The molecule has 30 heavy (non-hydrogen) atoms. The van der Waals surface area contributed by atoms with E-state index >= 15 is 0 Å². The van der Waals surface area contributed by atoms with Gasteiger partial charge in [-0.2, -0.15) is 0 Å². The van der Waals surface area contributed by atoms with Crippen molar-refractivity contribution in [2.45, 2.75) is 12.8 Å². The van der Waals surface area contributed by atoms with Gasteiger partial charge in [0.1, 0.15) is 11.5 Å². The average molecular weight is 419 g/mol. The van der Waals surface area contributed by atoms with Gasteiger partial charge < -0.3 is 25.0 Å². The molecule has 0 atom stereocenters. The summed E-state index contributed by atoms with van der Waals surface area (Å²) in [5.74, 6) is 1.56. The molecule has 0 aromatic heterocycles. The number of hydrogen-bond acceptors (Lipinski definition) is 7. The SMILES string of the molecule is CN(C)CCCOc1ccc(N)cc1.CN(C)CCCOc1ccc([N+](=O)[O-])cc1. The molecule has 0 aliphatic heterocycles. The van der Waals surface area contributed by atoms with Crippen LogP contribution in [0.15, 0.2) is 48.5 Å². The molecule has 0 aliphatic rings. The Labute approximate surface area is 179 Å². The van der Waals surface area contributed by atoms with E-state index in [-0.39, 0.29) is 5.69 Å². The zero-order valence-corrected chi connectivity index (χ0v) is 18.4. The molecule has 0 heterocycles. The van der Waals surface area contributed by atoms with Crippen molar-refractivity contribution >= 4 is 11.4 Å². The van der Waals surface area contributed by atoms with Gasteiger partial charge in [0.15, 0.2) is 0 Å². The van der Waals surface area contributed by atoms with Crippen LogP contribution < -0.4 is 15.2 Å². The maximum Gasteiger partial charge on any atom is 0.269 e. The average Bonchev–Trinajstić information content (AvgIpc) is 2.70. The maximum atomic E-state index is 10.4. The summed E-state index contributed by atoms with van der Waals surface area (Å²) in [4.78, 5) is 14.2. The lowest BCUT2D eigenvalue weighted by atomic mass is 10.3. The van der Waals surface area contributed by atoms with Gasteiger partial charge in [-0.3, -0.25) is 10.1 Å². The zero-order valence-electron chi connectivity index (χ0n) is 18.4. The van der Waals surface area contributed by atoms with E-state index in [1.165, 1.54) is 12.1 Å². The highest BCUT2D eigenvalue weighted by atomic mass is 16.6. The Hall–Kier alpha value is -2.84. The van der Waals surface area contributed by atoms with Crippen molar-refractivity contribution in [3.05, 3.63) is 58.6 Å². The van der Waals surface area contributed by atoms with Crippen LogP contribution in [-0.4, -0.2) is 69.2 Å². The predicted molar refractivity (Wildman–Crippen MR) is 121 cm³/mol. The van der Waals surface area contributed by atoms with Gasteiger partial charge >= 0.3 is 0 Å². The molecule has 0 unspecified atom stereocenters. The van der Waals surface area contributed by atoms with E-state index in [1.807, 2.05) is 38.4 Å². The van der Waals surface area contributed by atoms with E-state index in [4.69, 9.17) is 15.2 Å². The fraction of sp³-hybridized carbons (Fsp3) is 0.455. The van der Waals surface area contributed by atoms with E-state index in [0.29, 0.717) is 12.4 Å².